The largest absolute Gasteiger partial charge is 0.309 e. The SMILES string of the molecule is N#Cc1ccc(-n2c3cc(-c4ccc5ccccc5c4)ccc3c3ccc(-c4ccc5ccccc5c4)cc32)cc1. The van der Waals surface area contributed by atoms with Crippen LogP contribution in [0.2, 0.25) is 0 Å². The zero-order valence-electron chi connectivity index (χ0n) is 22.3. The van der Waals surface area contributed by atoms with Gasteiger partial charge in [-0.05, 0) is 92.3 Å². The van der Waals surface area contributed by atoms with Gasteiger partial charge in [0.25, 0.3) is 0 Å². The first kappa shape index (κ1) is 23.3. The zero-order chi connectivity index (χ0) is 27.3. The van der Waals surface area contributed by atoms with Crippen molar-refractivity contribution in [2.75, 3.05) is 0 Å². The van der Waals surface area contributed by atoms with Crippen LogP contribution in [0, 0.1) is 11.3 Å². The fourth-order valence-electron chi connectivity index (χ4n) is 6.08. The third kappa shape index (κ3) is 3.87. The minimum Gasteiger partial charge on any atom is -0.309 e. The van der Waals surface area contributed by atoms with E-state index < -0.39 is 0 Å². The minimum atomic E-state index is 0.656. The Labute approximate surface area is 238 Å². The summed E-state index contributed by atoms with van der Waals surface area (Å²) < 4.78 is 2.33. The predicted molar refractivity (Wildman–Crippen MR) is 171 cm³/mol. The molecular formula is C39H24N2. The Hall–Kier alpha value is -5.65. The van der Waals surface area contributed by atoms with Gasteiger partial charge in [0.05, 0.1) is 22.7 Å². The van der Waals surface area contributed by atoms with E-state index in [0.717, 1.165) is 16.7 Å². The van der Waals surface area contributed by atoms with E-state index in [0.29, 0.717) is 5.56 Å². The molecule has 0 fully saturated rings. The van der Waals surface area contributed by atoms with Crippen LogP contribution in [-0.2, 0) is 0 Å². The van der Waals surface area contributed by atoms with Crippen LogP contribution >= 0.6 is 0 Å². The molecule has 0 spiro atoms. The number of nitrogens with zero attached hydrogens (tertiary/aromatic N) is 2. The van der Waals surface area contributed by atoms with Gasteiger partial charge in [0.2, 0.25) is 0 Å². The normalized spacial score (nSPS) is 11.4. The maximum absolute atomic E-state index is 9.42. The predicted octanol–water partition coefficient (Wildman–Crippen LogP) is 10.3. The Morgan fingerprint density at radius 2 is 0.854 bits per heavy atom. The maximum Gasteiger partial charge on any atom is 0.0991 e. The Morgan fingerprint density at radius 3 is 1.34 bits per heavy atom. The lowest BCUT2D eigenvalue weighted by Crippen LogP contribution is -1.94. The standard InChI is InChI=1S/C39H24N2/c40-25-26-9-17-35(18-10-26)41-38-23-33(31-13-11-27-5-1-3-7-29(27)21-31)15-19-36(38)37-20-16-34(24-39(37)41)32-14-12-28-6-2-4-8-30(28)22-32/h1-24H. The third-order valence-corrected chi connectivity index (χ3v) is 8.19. The molecule has 190 valence electrons. The molecule has 41 heavy (non-hydrogen) atoms. The van der Waals surface area contributed by atoms with Gasteiger partial charge in [0.15, 0.2) is 0 Å². The molecule has 1 aromatic heterocycles. The van der Waals surface area contributed by atoms with Crippen molar-refractivity contribution in [1.29, 1.82) is 5.26 Å². The van der Waals surface area contributed by atoms with Crippen LogP contribution in [0.25, 0.3) is 71.3 Å². The molecule has 0 radical (unpaired) electrons. The van der Waals surface area contributed by atoms with E-state index in [1.165, 1.54) is 54.6 Å². The van der Waals surface area contributed by atoms with E-state index >= 15 is 0 Å². The van der Waals surface area contributed by atoms with E-state index in [2.05, 4.69) is 132 Å². The van der Waals surface area contributed by atoms with Crippen molar-refractivity contribution in [2.24, 2.45) is 0 Å². The minimum absolute atomic E-state index is 0.656. The molecule has 2 nitrogen and oxygen atoms in total. The molecule has 0 unspecified atom stereocenters. The second kappa shape index (κ2) is 9.23. The van der Waals surface area contributed by atoms with Crippen molar-refractivity contribution in [2.45, 2.75) is 0 Å². The lowest BCUT2D eigenvalue weighted by atomic mass is 9.99. The Bertz CT molecular complexity index is 2180. The molecule has 0 N–H and O–H groups in total. The summed E-state index contributed by atoms with van der Waals surface area (Å²) in [5.74, 6) is 0. The quantitative estimate of drug-likeness (QED) is 0.228. The number of rotatable bonds is 3. The second-order valence-corrected chi connectivity index (χ2v) is 10.6. The van der Waals surface area contributed by atoms with Gasteiger partial charge in [-0.1, -0.05) is 97.1 Å². The highest BCUT2D eigenvalue weighted by atomic mass is 15.0. The van der Waals surface area contributed by atoms with Crippen LogP contribution in [0.5, 0.6) is 0 Å². The van der Waals surface area contributed by atoms with Gasteiger partial charge < -0.3 is 4.57 Å². The van der Waals surface area contributed by atoms with E-state index in [9.17, 15) is 5.26 Å². The summed E-state index contributed by atoms with van der Waals surface area (Å²) in [6.07, 6.45) is 0. The molecule has 8 aromatic rings. The van der Waals surface area contributed by atoms with Gasteiger partial charge in [-0.15, -0.1) is 0 Å². The number of nitriles is 1. The molecule has 8 rings (SSSR count). The Balaban J connectivity index is 1.37. The smallest absolute Gasteiger partial charge is 0.0991 e. The van der Waals surface area contributed by atoms with Crippen molar-refractivity contribution < 1.29 is 0 Å². The van der Waals surface area contributed by atoms with E-state index in [-0.39, 0.29) is 0 Å². The molecule has 0 aliphatic carbocycles. The monoisotopic (exact) mass is 520 g/mol. The van der Waals surface area contributed by atoms with Gasteiger partial charge in [-0.2, -0.15) is 5.26 Å². The van der Waals surface area contributed by atoms with Gasteiger partial charge in [0, 0.05) is 16.5 Å². The summed E-state index contributed by atoms with van der Waals surface area (Å²) in [6.45, 7) is 0. The van der Waals surface area contributed by atoms with Gasteiger partial charge in [-0.25, -0.2) is 0 Å². The maximum atomic E-state index is 9.42. The fraction of sp³-hybridized carbons (Fsp3) is 0. The highest BCUT2D eigenvalue weighted by molar-refractivity contribution is 6.11. The summed E-state index contributed by atoms with van der Waals surface area (Å²) in [5.41, 5.74) is 8.72. The van der Waals surface area contributed by atoms with Crippen molar-refractivity contribution in [3.8, 4) is 34.0 Å². The van der Waals surface area contributed by atoms with E-state index in [1.807, 2.05) is 24.3 Å². The van der Waals surface area contributed by atoms with Crippen molar-refractivity contribution in [3.05, 3.63) is 151 Å². The van der Waals surface area contributed by atoms with Crippen LogP contribution in [0.4, 0.5) is 0 Å². The van der Waals surface area contributed by atoms with Gasteiger partial charge in [-0.3, -0.25) is 0 Å². The van der Waals surface area contributed by atoms with Crippen LogP contribution < -0.4 is 0 Å². The Morgan fingerprint density at radius 1 is 0.415 bits per heavy atom. The highest BCUT2D eigenvalue weighted by Crippen LogP contribution is 2.38. The molecule has 0 bridgehead atoms. The molecule has 0 saturated heterocycles. The van der Waals surface area contributed by atoms with Gasteiger partial charge >= 0.3 is 0 Å². The van der Waals surface area contributed by atoms with Crippen molar-refractivity contribution >= 4 is 43.4 Å². The van der Waals surface area contributed by atoms with Crippen LogP contribution in [-0.4, -0.2) is 4.57 Å². The van der Waals surface area contributed by atoms with Crippen LogP contribution in [0.3, 0.4) is 0 Å². The molecular weight excluding hydrogens is 496 g/mol. The lowest BCUT2D eigenvalue weighted by Gasteiger charge is -2.11. The molecule has 0 saturated carbocycles. The molecule has 2 heteroatoms. The Kier molecular flexibility index (Phi) is 5.23. The number of benzene rings is 7. The topological polar surface area (TPSA) is 28.7 Å². The van der Waals surface area contributed by atoms with Gasteiger partial charge in [0.1, 0.15) is 0 Å². The first-order valence-corrected chi connectivity index (χ1v) is 13.8. The first-order chi connectivity index (χ1) is 20.2. The van der Waals surface area contributed by atoms with Crippen LogP contribution in [0.1, 0.15) is 5.56 Å². The number of fused-ring (bicyclic) bond motifs is 5. The van der Waals surface area contributed by atoms with Crippen molar-refractivity contribution in [3.63, 3.8) is 0 Å². The molecule has 0 amide bonds. The second-order valence-electron chi connectivity index (χ2n) is 10.6. The molecule has 0 aliphatic heterocycles. The summed E-state index contributed by atoms with van der Waals surface area (Å²) in [6, 6.07) is 54.0. The average molecular weight is 521 g/mol. The summed E-state index contributed by atoms with van der Waals surface area (Å²) in [5, 5.41) is 16.8. The number of hydrogen-bond donors (Lipinski definition) is 0. The zero-order valence-corrected chi connectivity index (χ0v) is 22.3. The molecule has 7 aromatic carbocycles. The summed E-state index contributed by atoms with van der Waals surface area (Å²) in [4.78, 5) is 0. The number of aromatic nitrogens is 1. The van der Waals surface area contributed by atoms with Crippen molar-refractivity contribution in [1.82, 2.24) is 4.57 Å². The molecule has 0 atom stereocenters. The summed E-state index contributed by atoms with van der Waals surface area (Å²) in [7, 11) is 0. The lowest BCUT2D eigenvalue weighted by molar-refractivity contribution is 1.18. The first-order valence-electron chi connectivity index (χ1n) is 13.8. The molecule has 0 aliphatic rings. The number of hydrogen-bond acceptors (Lipinski definition) is 1. The third-order valence-electron chi connectivity index (χ3n) is 8.19. The highest BCUT2D eigenvalue weighted by Gasteiger charge is 2.15. The fourth-order valence-corrected chi connectivity index (χ4v) is 6.08. The van der Waals surface area contributed by atoms with E-state index in [1.54, 1.807) is 0 Å². The van der Waals surface area contributed by atoms with Crippen LogP contribution in [0.15, 0.2) is 146 Å². The van der Waals surface area contributed by atoms with E-state index in [4.69, 9.17) is 0 Å². The molecule has 1 heterocycles. The summed E-state index contributed by atoms with van der Waals surface area (Å²) >= 11 is 0. The average Bonchev–Trinajstić information content (AvgIpc) is 3.37.